The van der Waals surface area contributed by atoms with E-state index in [1.165, 1.54) is 22.3 Å². The van der Waals surface area contributed by atoms with Crippen LogP contribution >= 0.6 is 0 Å². The summed E-state index contributed by atoms with van der Waals surface area (Å²) in [5, 5.41) is 3.45. The lowest BCUT2D eigenvalue weighted by atomic mass is 9.86. The number of hydrogen-bond acceptors (Lipinski definition) is 3. The smallest absolute Gasteiger partial charge is 0.253 e. The van der Waals surface area contributed by atoms with Crippen LogP contribution in [0.3, 0.4) is 0 Å². The second kappa shape index (κ2) is 8.19. The predicted molar refractivity (Wildman–Crippen MR) is 113 cm³/mol. The molecular formula is C24H28N2O2. The molecule has 1 saturated heterocycles. The first kappa shape index (κ1) is 18.8. The summed E-state index contributed by atoms with van der Waals surface area (Å²) in [6.07, 6.45) is 2.09. The van der Waals surface area contributed by atoms with Crippen LogP contribution in [0.4, 0.5) is 0 Å². The molecule has 0 radical (unpaired) electrons. The molecule has 4 rings (SSSR count). The molecule has 4 nitrogen and oxygen atoms in total. The van der Waals surface area contributed by atoms with Crippen LogP contribution in [-0.2, 0) is 6.61 Å². The highest BCUT2D eigenvalue weighted by Gasteiger charge is 2.24. The van der Waals surface area contributed by atoms with Crippen LogP contribution in [-0.4, -0.2) is 37.0 Å². The highest BCUT2D eigenvalue weighted by molar-refractivity contribution is 5.96. The number of amides is 1. The molecule has 0 aromatic heterocycles. The first-order valence-corrected chi connectivity index (χ1v) is 10.3. The Labute approximate surface area is 167 Å². The molecule has 0 spiro atoms. The molecule has 146 valence electrons. The number of nitrogens with one attached hydrogen (secondary N) is 1. The molecule has 2 aromatic rings. The van der Waals surface area contributed by atoms with Crippen molar-refractivity contribution in [3.8, 4) is 5.75 Å². The van der Waals surface area contributed by atoms with Crippen LogP contribution in [0.2, 0.25) is 0 Å². The molecule has 2 aliphatic heterocycles. The third kappa shape index (κ3) is 3.45. The SMILES string of the molecule is CCN(CC)C(=O)c1ccc2c(c1)OCc1ccccc1C2=C1CCNCC1. The molecule has 4 heteroatoms. The van der Waals surface area contributed by atoms with Crippen molar-refractivity contribution in [2.24, 2.45) is 0 Å². The van der Waals surface area contributed by atoms with E-state index in [9.17, 15) is 4.79 Å². The largest absolute Gasteiger partial charge is 0.488 e. The van der Waals surface area contributed by atoms with Gasteiger partial charge < -0.3 is 15.0 Å². The summed E-state index contributed by atoms with van der Waals surface area (Å²) >= 11 is 0. The van der Waals surface area contributed by atoms with E-state index in [4.69, 9.17) is 4.74 Å². The lowest BCUT2D eigenvalue weighted by Crippen LogP contribution is -2.30. The van der Waals surface area contributed by atoms with Crippen LogP contribution in [0.1, 0.15) is 53.7 Å². The van der Waals surface area contributed by atoms with Crippen molar-refractivity contribution < 1.29 is 9.53 Å². The Kier molecular flexibility index (Phi) is 5.49. The Morgan fingerprint density at radius 1 is 1.04 bits per heavy atom. The topological polar surface area (TPSA) is 41.6 Å². The van der Waals surface area contributed by atoms with Crippen molar-refractivity contribution >= 4 is 11.5 Å². The van der Waals surface area contributed by atoms with Gasteiger partial charge in [0.15, 0.2) is 0 Å². The molecule has 28 heavy (non-hydrogen) atoms. The minimum absolute atomic E-state index is 0.0641. The van der Waals surface area contributed by atoms with Crippen LogP contribution in [0, 0.1) is 0 Å². The molecule has 1 amide bonds. The number of carbonyl (C=O) groups is 1. The van der Waals surface area contributed by atoms with E-state index >= 15 is 0 Å². The van der Waals surface area contributed by atoms with E-state index in [1.807, 2.05) is 30.9 Å². The van der Waals surface area contributed by atoms with Gasteiger partial charge in [0.05, 0.1) is 0 Å². The van der Waals surface area contributed by atoms with E-state index in [2.05, 4.69) is 35.6 Å². The Balaban J connectivity index is 1.83. The van der Waals surface area contributed by atoms with Crippen molar-refractivity contribution in [1.82, 2.24) is 10.2 Å². The van der Waals surface area contributed by atoms with Gasteiger partial charge >= 0.3 is 0 Å². The number of nitrogens with zero attached hydrogens (tertiary/aromatic N) is 1. The fraction of sp³-hybridized carbons (Fsp3) is 0.375. The molecule has 2 heterocycles. The maximum atomic E-state index is 12.8. The van der Waals surface area contributed by atoms with Crippen LogP contribution in [0.25, 0.3) is 5.57 Å². The third-order valence-electron chi connectivity index (χ3n) is 5.78. The van der Waals surface area contributed by atoms with Gasteiger partial charge in [0.1, 0.15) is 12.4 Å². The minimum Gasteiger partial charge on any atom is -0.488 e. The van der Waals surface area contributed by atoms with Crippen LogP contribution < -0.4 is 10.1 Å². The number of carbonyl (C=O) groups excluding carboxylic acids is 1. The van der Waals surface area contributed by atoms with E-state index < -0.39 is 0 Å². The number of hydrogen-bond donors (Lipinski definition) is 1. The Bertz CT molecular complexity index is 905. The highest BCUT2D eigenvalue weighted by Crippen LogP contribution is 2.40. The average molecular weight is 377 g/mol. The van der Waals surface area contributed by atoms with Gasteiger partial charge in [-0.2, -0.15) is 0 Å². The standard InChI is InChI=1S/C24H28N2O2/c1-3-26(4-2)24(27)18-9-10-21-22(15-18)28-16-19-7-5-6-8-20(19)23(21)17-11-13-25-14-12-17/h5-10,15,25H,3-4,11-14,16H2,1-2H3. The quantitative estimate of drug-likeness (QED) is 0.871. The summed E-state index contributed by atoms with van der Waals surface area (Å²) < 4.78 is 6.21. The molecule has 2 aliphatic rings. The first-order chi connectivity index (χ1) is 13.7. The molecule has 0 bridgehead atoms. The van der Waals surface area contributed by atoms with E-state index in [1.54, 1.807) is 0 Å². The number of benzene rings is 2. The zero-order chi connectivity index (χ0) is 19.5. The van der Waals surface area contributed by atoms with Gasteiger partial charge in [0, 0.05) is 24.2 Å². The first-order valence-electron chi connectivity index (χ1n) is 10.3. The lowest BCUT2D eigenvalue weighted by Gasteiger charge is -2.22. The second-order valence-electron chi connectivity index (χ2n) is 7.36. The Morgan fingerprint density at radius 2 is 1.79 bits per heavy atom. The van der Waals surface area contributed by atoms with Crippen LogP contribution in [0.15, 0.2) is 48.0 Å². The summed E-state index contributed by atoms with van der Waals surface area (Å²) in [4.78, 5) is 14.7. The number of piperidine rings is 1. The van der Waals surface area contributed by atoms with E-state index in [0.717, 1.165) is 37.2 Å². The normalized spacial score (nSPS) is 15.9. The molecule has 1 fully saturated rings. The highest BCUT2D eigenvalue weighted by atomic mass is 16.5. The Hall–Kier alpha value is -2.59. The second-order valence-corrected chi connectivity index (χ2v) is 7.36. The lowest BCUT2D eigenvalue weighted by molar-refractivity contribution is 0.0772. The minimum atomic E-state index is 0.0641. The Morgan fingerprint density at radius 3 is 2.54 bits per heavy atom. The zero-order valence-electron chi connectivity index (χ0n) is 16.8. The molecular weight excluding hydrogens is 348 g/mol. The summed E-state index contributed by atoms with van der Waals surface area (Å²) in [6, 6.07) is 14.5. The summed E-state index contributed by atoms with van der Waals surface area (Å²) in [5.74, 6) is 0.879. The van der Waals surface area contributed by atoms with Gasteiger partial charge in [0.25, 0.3) is 5.91 Å². The average Bonchev–Trinajstić information content (AvgIpc) is 2.91. The maximum Gasteiger partial charge on any atom is 0.253 e. The van der Waals surface area contributed by atoms with Gasteiger partial charge in [-0.1, -0.05) is 29.8 Å². The third-order valence-corrected chi connectivity index (χ3v) is 5.78. The molecule has 0 unspecified atom stereocenters. The summed E-state index contributed by atoms with van der Waals surface area (Å²) in [6.45, 7) is 7.99. The van der Waals surface area contributed by atoms with Crippen molar-refractivity contribution in [2.75, 3.05) is 26.2 Å². The summed E-state index contributed by atoms with van der Waals surface area (Å²) in [5.41, 5.74) is 7.05. The number of rotatable bonds is 3. The van der Waals surface area contributed by atoms with Crippen molar-refractivity contribution in [3.63, 3.8) is 0 Å². The number of ether oxygens (including phenoxy) is 1. The van der Waals surface area contributed by atoms with Crippen molar-refractivity contribution in [3.05, 3.63) is 70.3 Å². The zero-order valence-corrected chi connectivity index (χ0v) is 16.8. The van der Waals surface area contributed by atoms with Gasteiger partial charge in [-0.05, 0) is 74.7 Å². The van der Waals surface area contributed by atoms with Gasteiger partial charge in [0.2, 0.25) is 0 Å². The molecule has 2 aromatic carbocycles. The fourth-order valence-corrected chi connectivity index (χ4v) is 4.22. The number of fused-ring (bicyclic) bond motifs is 2. The van der Waals surface area contributed by atoms with Gasteiger partial charge in [-0.3, -0.25) is 4.79 Å². The molecule has 0 saturated carbocycles. The van der Waals surface area contributed by atoms with E-state index in [-0.39, 0.29) is 5.91 Å². The monoisotopic (exact) mass is 376 g/mol. The predicted octanol–water partition coefficient (Wildman–Crippen LogP) is 4.25. The summed E-state index contributed by atoms with van der Waals surface area (Å²) in [7, 11) is 0. The van der Waals surface area contributed by atoms with Crippen molar-refractivity contribution in [2.45, 2.75) is 33.3 Å². The van der Waals surface area contributed by atoms with Gasteiger partial charge in [-0.25, -0.2) is 0 Å². The molecule has 0 aliphatic carbocycles. The molecule has 0 atom stereocenters. The van der Waals surface area contributed by atoms with Crippen LogP contribution in [0.5, 0.6) is 5.75 Å². The fourth-order valence-electron chi connectivity index (χ4n) is 4.22. The maximum absolute atomic E-state index is 12.8. The van der Waals surface area contributed by atoms with E-state index in [0.29, 0.717) is 25.3 Å². The molecule has 1 N–H and O–H groups in total. The van der Waals surface area contributed by atoms with Gasteiger partial charge in [-0.15, -0.1) is 0 Å². The van der Waals surface area contributed by atoms with Crippen molar-refractivity contribution in [1.29, 1.82) is 0 Å².